The Morgan fingerprint density at radius 2 is 1.67 bits per heavy atom. The van der Waals surface area contributed by atoms with E-state index in [-0.39, 0.29) is 17.8 Å². The fourth-order valence-corrected chi connectivity index (χ4v) is 3.14. The molecule has 0 aliphatic carbocycles. The summed E-state index contributed by atoms with van der Waals surface area (Å²) in [5.41, 5.74) is 2.86. The first-order chi connectivity index (χ1) is 11.7. The number of likely N-dealkylation sites (tertiary alicyclic amines) is 1. The van der Waals surface area contributed by atoms with Crippen molar-refractivity contribution in [1.29, 1.82) is 0 Å². The molecule has 2 aromatic rings. The predicted molar refractivity (Wildman–Crippen MR) is 92.5 cm³/mol. The normalized spacial score (nSPS) is 17.4. The van der Waals surface area contributed by atoms with Gasteiger partial charge in [-0.05, 0) is 36.1 Å². The van der Waals surface area contributed by atoms with E-state index in [1.165, 1.54) is 7.11 Å². The Balaban J connectivity index is 1.72. The predicted octanol–water partition coefficient (Wildman–Crippen LogP) is 3.38. The van der Waals surface area contributed by atoms with Gasteiger partial charge in [0.15, 0.2) is 0 Å². The molecule has 4 nitrogen and oxygen atoms in total. The third-order valence-electron chi connectivity index (χ3n) is 4.48. The van der Waals surface area contributed by atoms with Gasteiger partial charge in [-0.3, -0.25) is 9.59 Å². The van der Waals surface area contributed by atoms with Gasteiger partial charge in [0.1, 0.15) is 0 Å². The molecule has 0 aromatic heterocycles. The number of hydrogen-bond acceptors (Lipinski definition) is 3. The maximum atomic E-state index is 12.7. The smallest absolute Gasteiger partial charge is 0.310 e. The Morgan fingerprint density at radius 3 is 2.33 bits per heavy atom. The van der Waals surface area contributed by atoms with Gasteiger partial charge in [0, 0.05) is 18.7 Å². The Bertz CT molecular complexity index is 709. The molecule has 1 aliphatic heterocycles. The van der Waals surface area contributed by atoms with Crippen LogP contribution in [0.2, 0.25) is 0 Å². The van der Waals surface area contributed by atoms with Gasteiger partial charge in [0.2, 0.25) is 0 Å². The van der Waals surface area contributed by atoms with Crippen molar-refractivity contribution in [2.75, 3.05) is 20.2 Å². The summed E-state index contributed by atoms with van der Waals surface area (Å²) in [6.45, 7) is 1.12. The maximum Gasteiger partial charge on any atom is 0.310 e. The van der Waals surface area contributed by atoms with Crippen LogP contribution < -0.4 is 0 Å². The molecule has 1 saturated heterocycles. The van der Waals surface area contributed by atoms with Crippen LogP contribution in [0.4, 0.5) is 0 Å². The molecule has 3 rings (SSSR count). The summed E-state index contributed by atoms with van der Waals surface area (Å²) < 4.78 is 4.81. The molecule has 1 heterocycles. The van der Waals surface area contributed by atoms with E-state index in [1.54, 1.807) is 4.90 Å². The van der Waals surface area contributed by atoms with Crippen molar-refractivity contribution in [3.63, 3.8) is 0 Å². The average Bonchev–Trinajstić information content (AvgIpc) is 2.67. The fourth-order valence-electron chi connectivity index (χ4n) is 3.14. The first-order valence-corrected chi connectivity index (χ1v) is 8.21. The molecule has 1 amide bonds. The number of nitrogens with zero attached hydrogens (tertiary/aromatic N) is 1. The molecule has 4 heteroatoms. The fraction of sp³-hybridized carbons (Fsp3) is 0.300. The lowest BCUT2D eigenvalue weighted by molar-refractivity contribution is -0.146. The van der Waals surface area contributed by atoms with E-state index >= 15 is 0 Å². The molecule has 0 bridgehead atoms. The van der Waals surface area contributed by atoms with E-state index in [0.29, 0.717) is 18.7 Å². The zero-order valence-corrected chi connectivity index (χ0v) is 13.8. The minimum absolute atomic E-state index is 0.0248. The summed E-state index contributed by atoms with van der Waals surface area (Å²) in [5.74, 6) is -0.466. The monoisotopic (exact) mass is 323 g/mol. The van der Waals surface area contributed by atoms with Crippen molar-refractivity contribution in [1.82, 2.24) is 4.90 Å². The standard InChI is InChI=1S/C20H21NO3/c1-24-20(23)18-8-5-13-21(14-18)19(22)17-11-9-16(10-12-17)15-6-3-2-4-7-15/h2-4,6-7,9-12,18H,5,8,13-14H2,1H3. The molecule has 0 N–H and O–H groups in total. The first-order valence-electron chi connectivity index (χ1n) is 8.21. The van der Waals surface area contributed by atoms with Crippen molar-refractivity contribution in [3.05, 3.63) is 60.2 Å². The highest BCUT2D eigenvalue weighted by Crippen LogP contribution is 2.22. The second-order valence-corrected chi connectivity index (χ2v) is 6.06. The summed E-state index contributed by atoms with van der Waals surface area (Å²) in [6, 6.07) is 17.7. The van der Waals surface area contributed by atoms with Crippen LogP contribution in [0, 0.1) is 5.92 Å². The van der Waals surface area contributed by atoms with E-state index in [9.17, 15) is 9.59 Å². The molecule has 0 spiro atoms. The van der Waals surface area contributed by atoms with Gasteiger partial charge in [-0.2, -0.15) is 0 Å². The number of benzene rings is 2. The molecule has 1 aliphatic rings. The first kappa shape index (κ1) is 16.2. The topological polar surface area (TPSA) is 46.6 Å². The summed E-state index contributed by atoms with van der Waals surface area (Å²) in [4.78, 5) is 26.1. The highest BCUT2D eigenvalue weighted by molar-refractivity contribution is 5.95. The summed E-state index contributed by atoms with van der Waals surface area (Å²) in [6.07, 6.45) is 1.61. The van der Waals surface area contributed by atoms with Crippen LogP contribution in [0.1, 0.15) is 23.2 Å². The Kier molecular flexibility index (Phi) is 4.94. The molecule has 0 radical (unpaired) electrons. The van der Waals surface area contributed by atoms with Gasteiger partial charge in [0.05, 0.1) is 13.0 Å². The zero-order valence-electron chi connectivity index (χ0n) is 13.8. The third-order valence-corrected chi connectivity index (χ3v) is 4.48. The van der Waals surface area contributed by atoms with Crippen molar-refractivity contribution in [3.8, 4) is 11.1 Å². The van der Waals surface area contributed by atoms with Crippen LogP contribution in [-0.4, -0.2) is 37.0 Å². The number of amides is 1. The van der Waals surface area contributed by atoms with Gasteiger partial charge in [-0.1, -0.05) is 42.5 Å². The lowest BCUT2D eigenvalue weighted by Crippen LogP contribution is -2.42. The molecular weight excluding hydrogens is 302 g/mol. The summed E-state index contributed by atoms with van der Waals surface area (Å²) >= 11 is 0. The second kappa shape index (κ2) is 7.30. The quantitative estimate of drug-likeness (QED) is 0.814. The van der Waals surface area contributed by atoms with Crippen LogP contribution in [0.25, 0.3) is 11.1 Å². The molecule has 24 heavy (non-hydrogen) atoms. The van der Waals surface area contributed by atoms with E-state index in [0.717, 1.165) is 24.0 Å². The highest BCUT2D eigenvalue weighted by atomic mass is 16.5. The van der Waals surface area contributed by atoms with Gasteiger partial charge in [0.25, 0.3) is 5.91 Å². The minimum atomic E-state index is -0.230. The number of ether oxygens (including phenoxy) is 1. The highest BCUT2D eigenvalue weighted by Gasteiger charge is 2.29. The molecule has 1 atom stereocenters. The number of rotatable bonds is 3. The third kappa shape index (κ3) is 3.48. The molecule has 2 aromatic carbocycles. The average molecular weight is 323 g/mol. The largest absolute Gasteiger partial charge is 0.469 e. The van der Waals surface area contributed by atoms with Crippen molar-refractivity contribution < 1.29 is 14.3 Å². The van der Waals surface area contributed by atoms with Gasteiger partial charge in [-0.25, -0.2) is 0 Å². The van der Waals surface area contributed by atoms with Crippen LogP contribution in [0.3, 0.4) is 0 Å². The summed E-state index contributed by atoms with van der Waals surface area (Å²) in [7, 11) is 1.39. The number of esters is 1. The van der Waals surface area contributed by atoms with Gasteiger partial charge >= 0.3 is 5.97 Å². The SMILES string of the molecule is COC(=O)C1CCCN(C(=O)c2ccc(-c3ccccc3)cc2)C1. The zero-order chi connectivity index (χ0) is 16.9. The Hall–Kier alpha value is -2.62. The summed E-state index contributed by atoms with van der Waals surface area (Å²) in [5, 5.41) is 0. The van der Waals surface area contributed by atoms with E-state index in [1.807, 2.05) is 54.6 Å². The van der Waals surface area contributed by atoms with E-state index < -0.39 is 0 Å². The molecule has 124 valence electrons. The van der Waals surface area contributed by atoms with E-state index in [4.69, 9.17) is 4.74 Å². The Morgan fingerprint density at radius 1 is 1.00 bits per heavy atom. The Labute approximate surface area is 142 Å². The number of hydrogen-bond donors (Lipinski definition) is 0. The number of piperidine rings is 1. The van der Waals surface area contributed by atoms with Gasteiger partial charge < -0.3 is 9.64 Å². The molecule has 0 saturated carbocycles. The van der Waals surface area contributed by atoms with Crippen LogP contribution in [-0.2, 0) is 9.53 Å². The maximum absolute atomic E-state index is 12.7. The van der Waals surface area contributed by atoms with Crippen LogP contribution >= 0.6 is 0 Å². The number of methoxy groups -OCH3 is 1. The van der Waals surface area contributed by atoms with Crippen molar-refractivity contribution in [2.45, 2.75) is 12.8 Å². The van der Waals surface area contributed by atoms with Gasteiger partial charge in [-0.15, -0.1) is 0 Å². The lowest BCUT2D eigenvalue weighted by Gasteiger charge is -2.31. The number of carbonyl (C=O) groups excluding carboxylic acids is 2. The van der Waals surface area contributed by atoms with E-state index in [2.05, 4.69) is 0 Å². The molecule has 1 unspecified atom stereocenters. The van der Waals surface area contributed by atoms with Crippen molar-refractivity contribution >= 4 is 11.9 Å². The van der Waals surface area contributed by atoms with Crippen LogP contribution in [0.5, 0.6) is 0 Å². The van der Waals surface area contributed by atoms with Crippen molar-refractivity contribution in [2.24, 2.45) is 5.92 Å². The number of carbonyl (C=O) groups is 2. The second-order valence-electron chi connectivity index (χ2n) is 6.06. The molecule has 1 fully saturated rings. The minimum Gasteiger partial charge on any atom is -0.469 e. The lowest BCUT2D eigenvalue weighted by atomic mass is 9.97. The van der Waals surface area contributed by atoms with Crippen LogP contribution in [0.15, 0.2) is 54.6 Å². The molecular formula is C20H21NO3.